The molecule has 2 heterocycles. The summed E-state index contributed by atoms with van der Waals surface area (Å²) in [5.74, 6) is -4.52. The van der Waals surface area contributed by atoms with Gasteiger partial charge in [0.15, 0.2) is 0 Å². The second kappa shape index (κ2) is 11.7. The highest BCUT2D eigenvalue weighted by molar-refractivity contribution is 6.31. The monoisotopic (exact) mass is 685 g/mol. The highest BCUT2D eigenvalue weighted by Gasteiger charge is 2.70. The number of carbonyl (C=O) groups excluding carboxylic acids is 4. The Morgan fingerprint density at radius 2 is 1.46 bits per heavy atom. The van der Waals surface area contributed by atoms with Crippen molar-refractivity contribution in [1.29, 1.82) is 0 Å². The van der Waals surface area contributed by atoms with Crippen molar-refractivity contribution in [2.45, 2.75) is 44.9 Å². The first-order chi connectivity index (χ1) is 24.0. The van der Waals surface area contributed by atoms with Crippen molar-refractivity contribution in [2.24, 2.45) is 23.7 Å². The summed E-state index contributed by atoms with van der Waals surface area (Å²) in [7, 11) is 0. The zero-order valence-electron chi connectivity index (χ0n) is 27.9. The number of anilines is 2. The number of halogens is 1. The number of phenolic OH excluding ortho intramolecular Hbond substituents is 1. The van der Waals surface area contributed by atoms with Crippen molar-refractivity contribution in [3.8, 4) is 5.75 Å². The molecule has 50 heavy (non-hydrogen) atoms. The van der Waals surface area contributed by atoms with Crippen LogP contribution in [0.4, 0.5) is 11.4 Å². The van der Waals surface area contributed by atoms with Crippen molar-refractivity contribution < 1.29 is 24.3 Å². The Bertz CT molecular complexity index is 2090. The van der Waals surface area contributed by atoms with Gasteiger partial charge in [-0.2, -0.15) is 5.01 Å². The first-order valence-corrected chi connectivity index (χ1v) is 17.3. The van der Waals surface area contributed by atoms with Crippen LogP contribution in [-0.4, -0.2) is 33.7 Å². The van der Waals surface area contributed by atoms with Gasteiger partial charge in [-0.3, -0.25) is 29.5 Å². The van der Waals surface area contributed by atoms with Crippen LogP contribution in [0.1, 0.15) is 46.6 Å². The van der Waals surface area contributed by atoms with Crippen LogP contribution in [0.5, 0.6) is 5.75 Å². The van der Waals surface area contributed by atoms with Crippen molar-refractivity contribution in [3.05, 3.63) is 135 Å². The smallest absolute Gasteiger partial charge is 0.260 e. The molecular formula is C41H36ClN3O5. The Hall–Kier alpha value is -5.21. The van der Waals surface area contributed by atoms with E-state index in [0.29, 0.717) is 39.5 Å². The molecule has 2 saturated heterocycles. The van der Waals surface area contributed by atoms with Crippen molar-refractivity contribution in [3.63, 3.8) is 0 Å². The number of hydrogen-bond acceptors (Lipinski definition) is 6. The fraction of sp³-hybridized carbons (Fsp3) is 0.268. The molecule has 2 aliphatic carbocycles. The number of nitrogens with zero attached hydrogens (tertiary/aromatic N) is 2. The highest BCUT2D eigenvalue weighted by Crippen LogP contribution is 2.64. The van der Waals surface area contributed by atoms with E-state index in [9.17, 15) is 19.5 Å². The molecule has 252 valence electrons. The van der Waals surface area contributed by atoms with Gasteiger partial charge in [0.05, 0.1) is 34.5 Å². The molecule has 2 N–H and O–H groups in total. The molecule has 8 rings (SSSR count). The minimum Gasteiger partial charge on any atom is -0.507 e. The molecule has 4 aromatic rings. The van der Waals surface area contributed by atoms with Crippen LogP contribution in [0.25, 0.3) is 0 Å². The zero-order valence-corrected chi connectivity index (χ0v) is 28.6. The number of aromatic hydroxyl groups is 1. The molecule has 4 amide bonds. The second-order valence-electron chi connectivity index (χ2n) is 14.1. The standard InChI is InChI=1S/C41H36ClN3O5/c1-22-9-13-28(14-10-22)43-45-38(48)33-21-32-30(17-18-31-34(32)39(49)44(37(31)47)29-15-11-27(42)12-16-29)35(25-19-23(2)36(46)24(3)20-25)41(33,40(45)50)26-7-5-4-6-8-26/h4-17,19-20,31-35,43,46H,18,21H2,1-3H3/t31-,32+,33-,34-,35-,41+/m0/s1. The number of carbonyl (C=O) groups is 4. The molecule has 2 aliphatic heterocycles. The van der Waals surface area contributed by atoms with Gasteiger partial charge >= 0.3 is 0 Å². The molecule has 1 saturated carbocycles. The molecule has 4 aromatic carbocycles. The lowest BCUT2D eigenvalue weighted by Gasteiger charge is -2.50. The molecule has 0 spiro atoms. The molecule has 3 fully saturated rings. The topological polar surface area (TPSA) is 107 Å². The number of amides is 4. The van der Waals surface area contributed by atoms with Crippen LogP contribution in [0.2, 0.25) is 5.02 Å². The predicted molar refractivity (Wildman–Crippen MR) is 190 cm³/mol. The van der Waals surface area contributed by atoms with E-state index in [1.807, 2.05) is 93.6 Å². The van der Waals surface area contributed by atoms with Crippen molar-refractivity contribution in [2.75, 3.05) is 10.3 Å². The summed E-state index contributed by atoms with van der Waals surface area (Å²) in [6.45, 7) is 5.60. The van der Waals surface area contributed by atoms with Gasteiger partial charge < -0.3 is 5.11 Å². The summed E-state index contributed by atoms with van der Waals surface area (Å²) >= 11 is 6.14. The highest BCUT2D eigenvalue weighted by atomic mass is 35.5. The Morgan fingerprint density at radius 1 is 0.800 bits per heavy atom. The van der Waals surface area contributed by atoms with Crippen LogP contribution >= 0.6 is 11.6 Å². The summed E-state index contributed by atoms with van der Waals surface area (Å²) in [5.41, 5.74) is 7.47. The molecule has 0 unspecified atom stereocenters. The first-order valence-electron chi connectivity index (χ1n) is 16.9. The van der Waals surface area contributed by atoms with Gasteiger partial charge in [0.2, 0.25) is 11.8 Å². The Morgan fingerprint density at radius 3 is 2.12 bits per heavy atom. The predicted octanol–water partition coefficient (Wildman–Crippen LogP) is 7.16. The maximum atomic E-state index is 15.3. The van der Waals surface area contributed by atoms with E-state index in [1.165, 1.54) is 4.90 Å². The molecular weight excluding hydrogens is 650 g/mol. The number of hydrogen-bond donors (Lipinski definition) is 2. The third-order valence-corrected chi connectivity index (χ3v) is 11.6. The lowest BCUT2D eigenvalue weighted by atomic mass is 9.49. The normalized spacial score (nSPS) is 27.2. The number of benzene rings is 4. The maximum Gasteiger partial charge on any atom is 0.260 e. The molecule has 0 bridgehead atoms. The van der Waals surface area contributed by atoms with E-state index in [4.69, 9.17) is 11.6 Å². The average molecular weight is 686 g/mol. The molecule has 0 radical (unpaired) electrons. The number of allylic oxidation sites excluding steroid dienone is 2. The fourth-order valence-electron chi connectivity index (χ4n) is 9.12. The van der Waals surface area contributed by atoms with E-state index in [0.717, 1.165) is 21.7 Å². The second-order valence-corrected chi connectivity index (χ2v) is 14.5. The lowest BCUT2D eigenvalue weighted by Crippen LogP contribution is -2.53. The molecule has 6 atom stereocenters. The van der Waals surface area contributed by atoms with Gasteiger partial charge in [0.1, 0.15) is 5.75 Å². The van der Waals surface area contributed by atoms with Gasteiger partial charge in [0, 0.05) is 10.9 Å². The van der Waals surface area contributed by atoms with Gasteiger partial charge in [-0.05, 0) is 98.2 Å². The number of rotatable bonds is 5. The SMILES string of the molecule is Cc1ccc(NN2C(=O)[C@@H]3C[C@@H]4C(=CC[C@@H]5C(=O)N(c6ccc(Cl)cc6)C(=O)[C@@H]54)[C@H](c4cc(C)c(O)c(C)c4)[C@]3(c3ccccc3)C2=O)cc1. The van der Waals surface area contributed by atoms with Gasteiger partial charge in [0.25, 0.3) is 11.8 Å². The Labute approximate surface area is 295 Å². The summed E-state index contributed by atoms with van der Waals surface area (Å²) in [6.07, 6.45) is 2.57. The number of imide groups is 2. The van der Waals surface area contributed by atoms with E-state index in [-0.39, 0.29) is 35.8 Å². The largest absolute Gasteiger partial charge is 0.507 e. The fourth-order valence-corrected chi connectivity index (χ4v) is 9.25. The van der Waals surface area contributed by atoms with Crippen LogP contribution in [0, 0.1) is 44.4 Å². The van der Waals surface area contributed by atoms with E-state index in [1.54, 1.807) is 24.3 Å². The van der Waals surface area contributed by atoms with E-state index >= 15 is 4.79 Å². The lowest BCUT2D eigenvalue weighted by molar-refractivity contribution is -0.138. The van der Waals surface area contributed by atoms with Crippen LogP contribution < -0.4 is 10.3 Å². The quantitative estimate of drug-likeness (QED) is 0.171. The number of hydrazine groups is 1. The molecule has 8 nitrogen and oxygen atoms in total. The van der Waals surface area contributed by atoms with Crippen LogP contribution in [0.15, 0.2) is 103 Å². The molecule has 9 heteroatoms. The van der Waals surface area contributed by atoms with Crippen molar-refractivity contribution >= 4 is 46.6 Å². The Kier molecular flexibility index (Phi) is 7.49. The third-order valence-electron chi connectivity index (χ3n) is 11.3. The summed E-state index contributed by atoms with van der Waals surface area (Å²) in [6, 6.07) is 27.3. The minimum atomic E-state index is -1.37. The summed E-state index contributed by atoms with van der Waals surface area (Å²) in [5, 5.41) is 12.5. The van der Waals surface area contributed by atoms with Crippen LogP contribution in [0.3, 0.4) is 0 Å². The number of nitrogens with one attached hydrogen (secondary N) is 1. The van der Waals surface area contributed by atoms with Crippen molar-refractivity contribution in [1.82, 2.24) is 5.01 Å². The zero-order chi connectivity index (χ0) is 35.1. The maximum absolute atomic E-state index is 15.3. The number of aryl methyl sites for hydroxylation is 3. The van der Waals surface area contributed by atoms with E-state index in [2.05, 4.69) is 5.43 Å². The minimum absolute atomic E-state index is 0.163. The number of fused-ring (bicyclic) bond motifs is 4. The summed E-state index contributed by atoms with van der Waals surface area (Å²) in [4.78, 5) is 59.8. The van der Waals surface area contributed by atoms with Gasteiger partial charge in [-0.25, -0.2) is 0 Å². The third kappa shape index (κ3) is 4.58. The summed E-state index contributed by atoms with van der Waals surface area (Å²) < 4.78 is 0. The van der Waals surface area contributed by atoms with Gasteiger partial charge in [-0.15, -0.1) is 0 Å². The Balaban J connectivity index is 1.33. The molecule has 4 aliphatic rings. The van der Waals surface area contributed by atoms with Crippen LogP contribution in [-0.2, 0) is 24.6 Å². The van der Waals surface area contributed by atoms with E-state index < -0.39 is 35.0 Å². The average Bonchev–Trinajstić information content (AvgIpc) is 3.49. The van der Waals surface area contributed by atoms with Gasteiger partial charge in [-0.1, -0.05) is 83.4 Å². The number of phenols is 1. The molecule has 0 aromatic heterocycles. The first kappa shape index (κ1) is 32.0.